The number of amides is 1. The van der Waals surface area contributed by atoms with E-state index in [1.165, 1.54) is 6.21 Å². The molecule has 1 amide bonds. The molecule has 2 aromatic heterocycles. The van der Waals surface area contributed by atoms with E-state index in [2.05, 4.69) is 20.5 Å². The first-order chi connectivity index (χ1) is 13.2. The van der Waals surface area contributed by atoms with Crippen LogP contribution in [0.3, 0.4) is 0 Å². The molecule has 3 aromatic rings. The second-order valence-corrected chi connectivity index (χ2v) is 6.55. The van der Waals surface area contributed by atoms with Crippen LogP contribution >= 0.6 is 11.3 Å². The minimum absolute atomic E-state index is 0.306. The molecule has 0 saturated carbocycles. The fourth-order valence-corrected chi connectivity index (χ4v) is 2.84. The largest absolute Gasteiger partial charge is 0.493 e. The Morgan fingerprint density at radius 1 is 1.26 bits per heavy atom. The van der Waals surface area contributed by atoms with Crippen LogP contribution in [-0.2, 0) is 6.61 Å². The average Bonchev–Trinajstić information content (AvgIpc) is 3.12. The molecule has 27 heavy (non-hydrogen) atoms. The molecule has 0 spiro atoms. The van der Waals surface area contributed by atoms with Gasteiger partial charge in [0.05, 0.1) is 24.0 Å². The van der Waals surface area contributed by atoms with Crippen LogP contribution in [0.25, 0.3) is 0 Å². The molecule has 138 valence electrons. The Balaban J connectivity index is 1.62. The fraction of sp³-hybridized carbons (Fsp3) is 0.158. The number of methoxy groups -OCH3 is 1. The van der Waals surface area contributed by atoms with Gasteiger partial charge in [0, 0.05) is 23.3 Å². The van der Waals surface area contributed by atoms with E-state index >= 15 is 0 Å². The monoisotopic (exact) mass is 382 g/mol. The molecule has 0 unspecified atom stereocenters. The summed E-state index contributed by atoms with van der Waals surface area (Å²) < 4.78 is 11.2. The number of pyridine rings is 1. The molecule has 0 aliphatic heterocycles. The van der Waals surface area contributed by atoms with Gasteiger partial charge in [-0.3, -0.25) is 9.78 Å². The molecule has 8 heteroatoms. The number of nitrogens with zero attached hydrogens (tertiary/aromatic N) is 3. The van der Waals surface area contributed by atoms with Gasteiger partial charge in [0.1, 0.15) is 6.61 Å². The number of thiazole rings is 1. The van der Waals surface area contributed by atoms with Crippen molar-refractivity contribution in [1.82, 2.24) is 15.4 Å². The maximum Gasteiger partial charge on any atom is 0.271 e. The summed E-state index contributed by atoms with van der Waals surface area (Å²) in [6, 6.07) is 8.63. The molecule has 2 heterocycles. The lowest BCUT2D eigenvalue weighted by atomic mass is 10.2. The van der Waals surface area contributed by atoms with Gasteiger partial charge in [-0.15, -0.1) is 11.3 Å². The second-order valence-electron chi connectivity index (χ2n) is 5.49. The third-order valence-electron chi connectivity index (χ3n) is 3.55. The Bertz CT molecular complexity index is 941. The SMILES string of the molecule is COc1cc(/C=N\NC(=O)c2ccncc2)ccc1OCc1csc(C)n1. The van der Waals surface area contributed by atoms with Crippen LogP contribution in [0, 0.1) is 6.92 Å². The highest BCUT2D eigenvalue weighted by Crippen LogP contribution is 2.28. The van der Waals surface area contributed by atoms with E-state index in [-0.39, 0.29) is 5.91 Å². The predicted octanol–water partition coefficient (Wildman–Crippen LogP) is 3.20. The predicted molar refractivity (Wildman–Crippen MR) is 103 cm³/mol. The zero-order chi connectivity index (χ0) is 19.1. The van der Waals surface area contributed by atoms with Crippen molar-refractivity contribution in [3.05, 3.63) is 69.9 Å². The summed E-state index contributed by atoms with van der Waals surface area (Å²) in [7, 11) is 1.57. The Morgan fingerprint density at radius 3 is 2.78 bits per heavy atom. The van der Waals surface area contributed by atoms with Crippen molar-refractivity contribution in [2.45, 2.75) is 13.5 Å². The smallest absolute Gasteiger partial charge is 0.271 e. The van der Waals surface area contributed by atoms with E-state index in [0.29, 0.717) is 23.7 Å². The number of carbonyl (C=O) groups is 1. The number of carbonyl (C=O) groups excluding carboxylic acids is 1. The zero-order valence-electron chi connectivity index (χ0n) is 14.9. The van der Waals surface area contributed by atoms with Gasteiger partial charge in [-0.2, -0.15) is 5.10 Å². The van der Waals surface area contributed by atoms with Gasteiger partial charge in [0.25, 0.3) is 5.91 Å². The van der Waals surface area contributed by atoms with Crippen molar-refractivity contribution < 1.29 is 14.3 Å². The third kappa shape index (κ3) is 5.11. The molecule has 0 bridgehead atoms. The summed E-state index contributed by atoms with van der Waals surface area (Å²) in [5.74, 6) is 0.881. The van der Waals surface area contributed by atoms with Gasteiger partial charge in [-0.05, 0) is 42.8 Å². The first-order valence-corrected chi connectivity index (χ1v) is 8.99. The Hall–Kier alpha value is -3.26. The maximum absolute atomic E-state index is 11.9. The van der Waals surface area contributed by atoms with Gasteiger partial charge in [-0.1, -0.05) is 0 Å². The number of rotatable bonds is 7. The Kier molecular flexibility index (Phi) is 6.11. The normalized spacial score (nSPS) is 10.7. The molecule has 0 aliphatic rings. The lowest BCUT2D eigenvalue weighted by molar-refractivity contribution is 0.0955. The number of ether oxygens (including phenoxy) is 2. The molecule has 0 saturated heterocycles. The number of aromatic nitrogens is 2. The summed E-state index contributed by atoms with van der Waals surface area (Å²) in [4.78, 5) is 20.2. The van der Waals surface area contributed by atoms with Crippen LogP contribution < -0.4 is 14.9 Å². The highest BCUT2D eigenvalue weighted by Gasteiger charge is 2.07. The fourth-order valence-electron chi connectivity index (χ4n) is 2.24. The summed E-state index contributed by atoms with van der Waals surface area (Å²) in [5.41, 5.74) is 4.60. The first kappa shape index (κ1) is 18.5. The van der Waals surface area contributed by atoms with Crippen molar-refractivity contribution in [3.63, 3.8) is 0 Å². The molecule has 3 rings (SSSR count). The lowest BCUT2D eigenvalue weighted by Gasteiger charge is -2.10. The second kappa shape index (κ2) is 8.91. The van der Waals surface area contributed by atoms with Crippen LogP contribution in [0.2, 0.25) is 0 Å². The number of benzene rings is 1. The molecule has 1 N–H and O–H groups in total. The summed E-state index contributed by atoms with van der Waals surface area (Å²) in [6.07, 6.45) is 4.64. The van der Waals surface area contributed by atoms with Crippen LogP contribution in [0.4, 0.5) is 0 Å². The minimum atomic E-state index is -0.306. The van der Waals surface area contributed by atoms with E-state index in [0.717, 1.165) is 16.3 Å². The summed E-state index contributed by atoms with van der Waals surface area (Å²) in [5, 5.41) is 6.94. The van der Waals surface area contributed by atoms with Crippen molar-refractivity contribution >= 4 is 23.5 Å². The van der Waals surface area contributed by atoms with Crippen LogP contribution in [0.5, 0.6) is 11.5 Å². The molecule has 0 fully saturated rings. The number of nitrogens with one attached hydrogen (secondary N) is 1. The van der Waals surface area contributed by atoms with Gasteiger partial charge in [0.15, 0.2) is 11.5 Å². The number of hydrazone groups is 1. The van der Waals surface area contributed by atoms with E-state index in [1.807, 2.05) is 18.4 Å². The van der Waals surface area contributed by atoms with E-state index < -0.39 is 0 Å². The first-order valence-electron chi connectivity index (χ1n) is 8.11. The zero-order valence-corrected chi connectivity index (χ0v) is 15.7. The average molecular weight is 382 g/mol. The molecule has 7 nitrogen and oxygen atoms in total. The van der Waals surface area contributed by atoms with Crippen molar-refractivity contribution in [2.75, 3.05) is 7.11 Å². The Labute approximate surface area is 160 Å². The van der Waals surface area contributed by atoms with Gasteiger partial charge < -0.3 is 9.47 Å². The number of hydrogen-bond donors (Lipinski definition) is 1. The molecule has 1 aromatic carbocycles. The van der Waals surface area contributed by atoms with Crippen LogP contribution in [0.1, 0.15) is 26.6 Å². The number of aryl methyl sites for hydroxylation is 1. The van der Waals surface area contributed by atoms with Crippen molar-refractivity contribution in [1.29, 1.82) is 0 Å². The lowest BCUT2D eigenvalue weighted by Crippen LogP contribution is -2.17. The van der Waals surface area contributed by atoms with E-state index in [9.17, 15) is 4.79 Å². The minimum Gasteiger partial charge on any atom is -0.493 e. The standard InChI is InChI=1S/C19H18N4O3S/c1-13-22-16(12-27-13)11-26-17-4-3-14(9-18(17)25-2)10-21-23-19(24)15-5-7-20-8-6-15/h3-10,12H,11H2,1-2H3,(H,23,24)/b21-10-. The molecular formula is C19H18N4O3S. The third-order valence-corrected chi connectivity index (χ3v) is 4.37. The number of hydrogen-bond acceptors (Lipinski definition) is 7. The quantitative estimate of drug-likeness (QED) is 0.501. The van der Waals surface area contributed by atoms with E-state index in [4.69, 9.17) is 9.47 Å². The molecule has 0 radical (unpaired) electrons. The molecule has 0 atom stereocenters. The molecular weight excluding hydrogens is 364 g/mol. The maximum atomic E-state index is 11.9. The highest BCUT2D eigenvalue weighted by atomic mass is 32.1. The summed E-state index contributed by atoms with van der Waals surface area (Å²) >= 11 is 1.58. The van der Waals surface area contributed by atoms with Crippen LogP contribution in [-0.4, -0.2) is 29.2 Å². The Morgan fingerprint density at radius 2 is 2.07 bits per heavy atom. The van der Waals surface area contributed by atoms with Crippen molar-refractivity contribution in [2.24, 2.45) is 5.10 Å². The van der Waals surface area contributed by atoms with Gasteiger partial charge >= 0.3 is 0 Å². The summed E-state index contributed by atoms with van der Waals surface area (Å²) in [6.45, 7) is 2.33. The van der Waals surface area contributed by atoms with Gasteiger partial charge in [-0.25, -0.2) is 10.4 Å². The topological polar surface area (TPSA) is 85.7 Å². The van der Waals surface area contributed by atoms with Crippen molar-refractivity contribution in [3.8, 4) is 11.5 Å². The highest BCUT2D eigenvalue weighted by molar-refractivity contribution is 7.09. The van der Waals surface area contributed by atoms with Crippen LogP contribution in [0.15, 0.2) is 53.2 Å². The van der Waals surface area contributed by atoms with Gasteiger partial charge in [0.2, 0.25) is 0 Å². The van der Waals surface area contributed by atoms with E-state index in [1.54, 1.807) is 55.1 Å². The molecule has 0 aliphatic carbocycles.